The molecule has 1 aromatic heterocycles. The number of amides is 2. The van der Waals surface area contributed by atoms with Crippen molar-refractivity contribution < 1.29 is 14.7 Å². The molecule has 1 spiro atoms. The molecule has 0 unspecified atom stereocenters. The molecule has 26 heavy (non-hydrogen) atoms. The van der Waals surface area contributed by atoms with Gasteiger partial charge in [0.25, 0.3) is 0 Å². The van der Waals surface area contributed by atoms with Gasteiger partial charge in [0, 0.05) is 57.6 Å². The number of aliphatic hydroxyl groups is 1. The van der Waals surface area contributed by atoms with Crippen molar-refractivity contribution in [3.05, 3.63) is 12.7 Å². The van der Waals surface area contributed by atoms with Crippen LogP contribution in [0.2, 0.25) is 0 Å². The molecule has 0 aromatic carbocycles. The molecule has 0 bridgehead atoms. The third-order valence-electron chi connectivity index (χ3n) is 5.59. The van der Waals surface area contributed by atoms with Gasteiger partial charge in [-0.3, -0.25) is 14.3 Å². The predicted octanol–water partition coefficient (Wildman–Crippen LogP) is 0.672. The summed E-state index contributed by atoms with van der Waals surface area (Å²) in [6.45, 7) is 3.70. The van der Waals surface area contributed by atoms with E-state index in [1.54, 1.807) is 11.0 Å². The van der Waals surface area contributed by atoms with Gasteiger partial charge in [-0.2, -0.15) is 5.10 Å². The van der Waals surface area contributed by atoms with Crippen LogP contribution < -0.4 is 0 Å². The Kier molecular flexibility index (Phi) is 6.24. The van der Waals surface area contributed by atoms with Crippen molar-refractivity contribution in [2.24, 2.45) is 5.41 Å². The maximum Gasteiger partial charge on any atom is 0.222 e. The number of hydrogen-bond donors (Lipinski definition) is 1. The van der Waals surface area contributed by atoms with E-state index in [2.05, 4.69) is 10.1 Å². The second-order valence-electron chi connectivity index (χ2n) is 7.57. The van der Waals surface area contributed by atoms with E-state index in [4.69, 9.17) is 5.11 Å². The molecular formula is C18H29N5O3. The molecule has 2 fully saturated rings. The number of hydrogen-bond acceptors (Lipinski definition) is 5. The van der Waals surface area contributed by atoms with Gasteiger partial charge >= 0.3 is 0 Å². The minimum absolute atomic E-state index is 0.0309. The van der Waals surface area contributed by atoms with Crippen LogP contribution in [0, 0.1) is 5.41 Å². The van der Waals surface area contributed by atoms with Gasteiger partial charge in [0.2, 0.25) is 11.8 Å². The highest BCUT2D eigenvalue weighted by Gasteiger charge is 2.42. The maximum atomic E-state index is 12.6. The third kappa shape index (κ3) is 4.60. The molecule has 144 valence electrons. The fraction of sp³-hybridized carbons (Fsp3) is 0.778. The van der Waals surface area contributed by atoms with Crippen molar-refractivity contribution in [3.63, 3.8) is 0 Å². The van der Waals surface area contributed by atoms with E-state index in [1.807, 2.05) is 9.80 Å². The van der Waals surface area contributed by atoms with E-state index in [9.17, 15) is 9.59 Å². The molecule has 8 nitrogen and oxygen atoms in total. The van der Waals surface area contributed by atoms with Crippen LogP contribution in [0.4, 0.5) is 0 Å². The normalized spacial score (nSPS) is 23.7. The summed E-state index contributed by atoms with van der Waals surface area (Å²) in [7, 11) is 0. The van der Waals surface area contributed by atoms with E-state index in [-0.39, 0.29) is 23.8 Å². The molecule has 0 saturated carbocycles. The first-order chi connectivity index (χ1) is 12.6. The molecule has 3 rings (SSSR count). The molecular weight excluding hydrogens is 334 g/mol. The topological polar surface area (TPSA) is 91.6 Å². The Hall–Kier alpha value is -1.96. The fourth-order valence-electron chi connectivity index (χ4n) is 4.22. The summed E-state index contributed by atoms with van der Waals surface area (Å²) in [5.74, 6) is 0.378. The third-order valence-corrected chi connectivity index (χ3v) is 5.59. The Labute approximate surface area is 154 Å². The van der Waals surface area contributed by atoms with Gasteiger partial charge in [0.05, 0.1) is 0 Å². The van der Waals surface area contributed by atoms with E-state index in [0.29, 0.717) is 38.9 Å². The lowest BCUT2D eigenvalue weighted by atomic mass is 9.73. The van der Waals surface area contributed by atoms with Gasteiger partial charge in [-0.25, -0.2) is 4.98 Å². The average molecular weight is 363 g/mol. The molecule has 2 saturated heterocycles. The lowest BCUT2D eigenvalue weighted by Gasteiger charge is -2.48. The second kappa shape index (κ2) is 8.62. The Morgan fingerprint density at radius 2 is 2.12 bits per heavy atom. The molecule has 0 aliphatic carbocycles. The number of carbonyl (C=O) groups is 2. The van der Waals surface area contributed by atoms with Crippen molar-refractivity contribution in [2.75, 3.05) is 32.8 Å². The number of piperidine rings is 2. The van der Waals surface area contributed by atoms with E-state index in [1.165, 1.54) is 6.33 Å². The number of likely N-dealkylation sites (tertiary alicyclic amines) is 2. The predicted molar refractivity (Wildman–Crippen MR) is 95.0 cm³/mol. The van der Waals surface area contributed by atoms with Crippen LogP contribution in [-0.2, 0) is 16.1 Å². The Morgan fingerprint density at radius 3 is 2.88 bits per heavy atom. The smallest absolute Gasteiger partial charge is 0.222 e. The van der Waals surface area contributed by atoms with Gasteiger partial charge in [0.15, 0.2) is 0 Å². The van der Waals surface area contributed by atoms with Crippen LogP contribution in [0.25, 0.3) is 0 Å². The highest BCUT2D eigenvalue weighted by molar-refractivity contribution is 5.78. The highest BCUT2D eigenvalue weighted by Crippen LogP contribution is 2.39. The van der Waals surface area contributed by atoms with Crippen LogP contribution in [0.1, 0.15) is 44.9 Å². The molecule has 2 aliphatic heterocycles. The Bertz CT molecular complexity index is 606. The molecule has 0 radical (unpaired) electrons. The summed E-state index contributed by atoms with van der Waals surface area (Å²) < 4.78 is 1.75. The zero-order chi connectivity index (χ0) is 18.4. The summed E-state index contributed by atoms with van der Waals surface area (Å²) in [6, 6.07) is 0. The lowest BCUT2D eigenvalue weighted by Crippen LogP contribution is -2.55. The number of aryl methyl sites for hydroxylation is 1. The quantitative estimate of drug-likeness (QED) is 0.769. The summed E-state index contributed by atoms with van der Waals surface area (Å²) >= 11 is 0. The summed E-state index contributed by atoms with van der Waals surface area (Å²) in [5.41, 5.74) is 0.0309. The zero-order valence-electron chi connectivity index (χ0n) is 15.3. The Morgan fingerprint density at radius 1 is 1.23 bits per heavy atom. The van der Waals surface area contributed by atoms with Crippen LogP contribution in [0.3, 0.4) is 0 Å². The molecule has 8 heteroatoms. The van der Waals surface area contributed by atoms with Gasteiger partial charge in [0.1, 0.15) is 12.7 Å². The zero-order valence-corrected chi connectivity index (χ0v) is 15.3. The Balaban J connectivity index is 1.52. The largest absolute Gasteiger partial charge is 0.396 e. The molecule has 1 aromatic rings. The minimum Gasteiger partial charge on any atom is -0.396 e. The lowest BCUT2D eigenvalue weighted by molar-refractivity contribution is -0.143. The van der Waals surface area contributed by atoms with Crippen molar-refractivity contribution in [1.82, 2.24) is 24.6 Å². The van der Waals surface area contributed by atoms with Crippen LogP contribution in [0.15, 0.2) is 12.7 Å². The van der Waals surface area contributed by atoms with Crippen LogP contribution >= 0.6 is 0 Å². The van der Waals surface area contributed by atoms with E-state index < -0.39 is 0 Å². The van der Waals surface area contributed by atoms with E-state index in [0.717, 1.165) is 38.8 Å². The molecule has 3 heterocycles. The first kappa shape index (κ1) is 18.8. The van der Waals surface area contributed by atoms with Crippen molar-refractivity contribution in [3.8, 4) is 0 Å². The number of nitrogens with zero attached hydrogens (tertiary/aromatic N) is 5. The van der Waals surface area contributed by atoms with E-state index >= 15 is 0 Å². The van der Waals surface area contributed by atoms with Crippen molar-refractivity contribution in [2.45, 2.75) is 51.5 Å². The van der Waals surface area contributed by atoms with Crippen molar-refractivity contribution >= 4 is 11.8 Å². The molecule has 2 amide bonds. The second-order valence-corrected chi connectivity index (χ2v) is 7.57. The van der Waals surface area contributed by atoms with Crippen LogP contribution in [0.5, 0.6) is 0 Å². The fourth-order valence-corrected chi connectivity index (χ4v) is 4.22. The highest BCUT2D eigenvalue weighted by atomic mass is 16.3. The average Bonchev–Trinajstić information content (AvgIpc) is 3.16. The monoisotopic (exact) mass is 363 g/mol. The SMILES string of the molecule is O=C(CCCn1cncn1)N1CCC[C@]2(CCC(=O)N(CCCO)C2)C1. The summed E-state index contributed by atoms with van der Waals surface area (Å²) in [6.07, 6.45) is 8.55. The van der Waals surface area contributed by atoms with Gasteiger partial charge in [-0.05, 0) is 32.1 Å². The maximum absolute atomic E-state index is 12.6. The van der Waals surface area contributed by atoms with Crippen molar-refractivity contribution in [1.29, 1.82) is 0 Å². The standard InChI is InChI=1S/C18H29N5O3/c24-11-3-9-22-13-18(7-5-17(22)26)6-2-8-21(12-18)16(25)4-1-10-23-15-19-14-20-23/h14-15,24H,1-13H2/t18-/m0/s1. The summed E-state index contributed by atoms with van der Waals surface area (Å²) in [5, 5.41) is 13.1. The number of carbonyl (C=O) groups excluding carboxylic acids is 2. The number of rotatable bonds is 7. The first-order valence-corrected chi connectivity index (χ1v) is 9.61. The first-order valence-electron chi connectivity index (χ1n) is 9.61. The number of aromatic nitrogens is 3. The number of aliphatic hydroxyl groups excluding tert-OH is 1. The molecule has 2 aliphatic rings. The van der Waals surface area contributed by atoms with Crippen LogP contribution in [-0.4, -0.2) is 74.3 Å². The molecule has 1 N–H and O–H groups in total. The molecule has 1 atom stereocenters. The summed E-state index contributed by atoms with van der Waals surface area (Å²) in [4.78, 5) is 32.6. The van der Waals surface area contributed by atoms with Gasteiger partial charge in [-0.1, -0.05) is 0 Å². The minimum atomic E-state index is 0.0309. The van der Waals surface area contributed by atoms with Gasteiger partial charge < -0.3 is 14.9 Å². The van der Waals surface area contributed by atoms with Gasteiger partial charge in [-0.15, -0.1) is 0 Å².